The van der Waals surface area contributed by atoms with E-state index >= 15 is 0 Å². The number of anilines is 1. The smallest absolute Gasteiger partial charge is 0.336 e. The van der Waals surface area contributed by atoms with E-state index in [0.717, 1.165) is 16.6 Å². The molecule has 26 heavy (non-hydrogen) atoms. The lowest BCUT2D eigenvalue weighted by Crippen LogP contribution is -2.30. The Morgan fingerprint density at radius 2 is 1.77 bits per heavy atom. The van der Waals surface area contributed by atoms with Crippen LogP contribution in [0.5, 0.6) is 5.75 Å². The van der Waals surface area contributed by atoms with Gasteiger partial charge in [-0.25, -0.2) is 4.79 Å². The van der Waals surface area contributed by atoms with Crippen molar-refractivity contribution in [1.29, 1.82) is 0 Å². The highest BCUT2D eigenvalue weighted by atomic mass is 16.5. The summed E-state index contributed by atoms with van der Waals surface area (Å²) < 4.78 is 10.9. The van der Waals surface area contributed by atoms with Crippen LogP contribution >= 0.6 is 0 Å². The largest absolute Gasteiger partial charge is 0.481 e. The van der Waals surface area contributed by atoms with Crippen molar-refractivity contribution < 1.29 is 13.9 Å². The SMILES string of the molecule is CC(C)c1ccccc1NC(=O)[C@H](C)Oc1ccc2ccc(=O)oc2c1. The molecule has 5 heteroatoms. The maximum Gasteiger partial charge on any atom is 0.336 e. The third-order valence-corrected chi connectivity index (χ3v) is 4.12. The zero-order valence-electron chi connectivity index (χ0n) is 15.0. The minimum absolute atomic E-state index is 0.243. The van der Waals surface area contributed by atoms with Gasteiger partial charge in [-0.1, -0.05) is 32.0 Å². The maximum atomic E-state index is 12.5. The van der Waals surface area contributed by atoms with Gasteiger partial charge in [-0.05, 0) is 42.7 Å². The fourth-order valence-corrected chi connectivity index (χ4v) is 2.72. The average Bonchev–Trinajstić information content (AvgIpc) is 2.61. The molecule has 0 saturated carbocycles. The first-order valence-electron chi connectivity index (χ1n) is 8.54. The quantitative estimate of drug-likeness (QED) is 0.695. The molecular formula is C21H21NO4. The lowest BCUT2D eigenvalue weighted by Gasteiger charge is -2.18. The van der Waals surface area contributed by atoms with Gasteiger partial charge in [-0.2, -0.15) is 0 Å². The van der Waals surface area contributed by atoms with Crippen molar-refractivity contribution in [3.05, 3.63) is 70.6 Å². The molecule has 0 radical (unpaired) electrons. The molecule has 0 bridgehead atoms. The van der Waals surface area contributed by atoms with Crippen LogP contribution in [0, 0.1) is 0 Å². The summed E-state index contributed by atoms with van der Waals surface area (Å²) in [7, 11) is 0. The van der Waals surface area contributed by atoms with Crippen LogP contribution in [0.4, 0.5) is 5.69 Å². The van der Waals surface area contributed by atoms with Gasteiger partial charge in [0.2, 0.25) is 0 Å². The predicted molar refractivity (Wildman–Crippen MR) is 102 cm³/mol. The van der Waals surface area contributed by atoms with Crippen LogP contribution in [0.15, 0.2) is 63.8 Å². The van der Waals surface area contributed by atoms with Crippen molar-refractivity contribution in [1.82, 2.24) is 0 Å². The molecule has 0 unspecified atom stereocenters. The molecule has 0 aliphatic carbocycles. The van der Waals surface area contributed by atoms with Gasteiger partial charge in [0.1, 0.15) is 11.3 Å². The number of hydrogen-bond donors (Lipinski definition) is 1. The Balaban J connectivity index is 1.74. The zero-order valence-corrected chi connectivity index (χ0v) is 15.0. The number of ether oxygens (including phenoxy) is 1. The van der Waals surface area contributed by atoms with Crippen LogP contribution < -0.4 is 15.7 Å². The number of amides is 1. The van der Waals surface area contributed by atoms with Gasteiger partial charge in [0, 0.05) is 23.2 Å². The lowest BCUT2D eigenvalue weighted by molar-refractivity contribution is -0.122. The monoisotopic (exact) mass is 351 g/mol. The molecule has 1 N–H and O–H groups in total. The van der Waals surface area contributed by atoms with E-state index in [0.29, 0.717) is 17.3 Å². The highest BCUT2D eigenvalue weighted by Crippen LogP contribution is 2.24. The molecule has 1 amide bonds. The molecule has 1 atom stereocenters. The molecule has 134 valence electrons. The maximum absolute atomic E-state index is 12.5. The first-order valence-corrected chi connectivity index (χ1v) is 8.54. The van der Waals surface area contributed by atoms with Gasteiger partial charge in [0.15, 0.2) is 6.10 Å². The highest BCUT2D eigenvalue weighted by molar-refractivity contribution is 5.95. The summed E-state index contributed by atoms with van der Waals surface area (Å²) in [6, 6.07) is 15.9. The Hall–Kier alpha value is -3.08. The number of rotatable bonds is 5. The summed E-state index contributed by atoms with van der Waals surface area (Å²) in [5.74, 6) is 0.519. The molecule has 0 fully saturated rings. The summed E-state index contributed by atoms with van der Waals surface area (Å²) in [5, 5.41) is 3.71. The lowest BCUT2D eigenvalue weighted by atomic mass is 10.0. The second kappa shape index (κ2) is 7.44. The second-order valence-electron chi connectivity index (χ2n) is 6.45. The van der Waals surface area contributed by atoms with Gasteiger partial charge in [-0.3, -0.25) is 4.79 Å². The summed E-state index contributed by atoms with van der Waals surface area (Å²) in [6.07, 6.45) is -0.705. The summed E-state index contributed by atoms with van der Waals surface area (Å²) in [5.41, 5.74) is 1.85. The van der Waals surface area contributed by atoms with E-state index in [9.17, 15) is 9.59 Å². The molecular weight excluding hydrogens is 330 g/mol. The van der Waals surface area contributed by atoms with E-state index in [4.69, 9.17) is 9.15 Å². The highest BCUT2D eigenvalue weighted by Gasteiger charge is 2.17. The van der Waals surface area contributed by atoms with Crippen LogP contribution in [0.3, 0.4) is 0 Å². The van der Waals surface area contributed by atoms with Gasteiger partial charge in [0.25, 0.3) is 5.91 Å². The topological polar surface area (TPSA) is 68.5 Å². The van der Waals surface area contributed by atoms with Gasteiger partial charge in [0.05, 0.1) is 0 Å². The van der Waals surface area contributed by atoms with Crippen molar-refractivity contribution in [2.45, 2.75) is 32.8 Å². The molecule has 1 aromatic heterocycles. The Morgan fingerprint density at radius 1 is 1.04 bits per heavy atom. The standard InChI is InChI=1S/C21H21NO4/c1-13(2)17-6-4-5-7-18(17)22-21(24)14(3)25-16-10-8-15-9-11-20(23)26-19(15)12-16/h4-14H,1-3H3,(H,22,24)/t14-/m0/s1. The van der Waals surface area contributed by atoms with Crippen LogP contribution in [0.2, 0.25) is 0 Å². The fourth-order valence-electron chi connectivity index (χ4n) is 2.72. The van der Waals surface area contributed by atoms with E-state index in [1.165, 1.54) is 6.07 Å². The van der Waals surface area contributed by atoms with E-state index in [2.05, 4.69) is 19.2 Å². The fraction of sp³-hybridized carbons (Fsp3) is 0.238. The van der Waals surface area contributed by atoms with Crippen molar-refractivity contribution >= 4 is 22.6 Å². The van der Waals surface area contributed by atoms with Crippen LogP contribution in [-0.4, -0.2) is 12.0 Å². The molecule has 5 nitrogen and oxygen atoms in total. The summed E-state index contributed by atoms with van der Waals surface area (Å²) >= 11 is 0. The van der Waals surface area contributed by atoms with Crippen LogP contribution in [0.25, 0.3) is 11.0 Å². The third-order valence-electron chi connectivity index (χ3n) is 4.12. The number of hydrogen-bond acceptors (Lipinski definition) is 4. The summed E-state index contributed by atoms with van der Waals surface area (Å²) in [6.45, 7) is 5.83. The van der Waals surface area contributed by atoms with E-state index < -0.39 is 11.7 Å². The van der Waals surface area contributed by atoms with Crippen molar-refractivity contribution in [3.63, 3.8) is 0 Å². The molecule has 0 saturated heterocycles. The number of benzene rings is 2. The van der Waals surface area contributed by atoms with Crippen LogP contribution in [0.1, 0.15) is 32.3 Å². The molecule has 0 aliphatic rings. The molecule has 3 aromatic rings. The van der Waals surface area contributed by atoms with Gasteiger partial charge in [-0.15, -0.1) is 0 Å². The molecule has 3 rings (SSSR count). The molecule has 1 heterocycles. The Bertz CT molecular complexity index is 990. The van der Waals surface area contributed by atoms with E-state index in [-0.39, 0.29) is 5.91 Å². The summed E-state index contributed by atoms with van der Waals surface area (Å²) in [4.78, 5) is 23.8. The van der Waals surface area contributed by atoms with E-state index in [1.54, 1.807) is 31.2 Å². The average molecular weight is 351 g/mol. The zero-order chi connectivity index (χ0) is 18.7. The van der Waals surface area contributed by atoms with Crippen molar-refractivity contribution in [2.24, 2.45) is 0 Å². The molecule has 0 spiro atoms. The Morgan fingerprint density at radius 3 is 2.54 bits per heavy atom. The number of nitrogens with one attached hydrogen (secondary N) is 1. The Labute approximate surface area is 151 Å². The minimum Gasteiger partial charge on any atom is -0.481 e. The third kappa shape index (κ3) is 3.94. The second-order valence-corrected chi connectivity index (χ2v) is 6.45. The van der Waals surface area contributed by atoms with Crippen molar-refractivity contribution in [2.75, 3.05) is 5.32 Å². The van der Waals surface area contributed by atoms with Gasteiger partial charge >= 0.3 is 5.63 Å². The predicted octanol–water partition coefficient (Wildman–Crippen LogP) is 4.32. The van der Waals surface area contributed by atoms with Crippen molar-refractivity contribution in [3.8, 4) is 5.75 Å². The molecule has 2 aromatic carbocycles. The number of carbonyl (C=O) groups excluding carboxylic acids is 1. The first kappa shape index (κ1) is 17.7. The number of fused-ring (bicyclic) bond motifs is 1. The van der Waals surface area contributed by atoms with Gasteiger partial charge < -0.3 is 14.5 Å². The van der Waals surface area contributed by atoms with E-state index in [1.807, 2.05) is 24.3 Å². The minimum atomic E-state index is -0.705. The van der Waals surface area contributed by atoms with Crippen LogP contribution in [-0.2, 0) is 4.79 Å². The molecule has 0 aliphatic heterocycles. The normalized spacial score (nSPS) is 12.2. The number of para-hydroxylation sites is 1. The number of carbonyl (C=O) groups is 1. The first-order chi connectivity index (χ1) is 12.4. The Kier molecular flexibility index (Phi) is 5.07.